The highest BCUT2D eigenvalue weighted by atomic mass is 15.4. The molecule has 0 N–H and O–H groups in total. The highest BCUT2D eigenvalue weighted by Crippen LogP contribution is 2.49. The third-order valence-electron chi connectivity index (χ3n) is 5.38. The van der Waals surface area contributed by atoms with Crippen LogP contribution in [0.1, 0.15) is 12.5 Å². The molecule has 4 aromatic rings. The van der Waals surface area contributed by atoms with Crippen LogP contribution in [0.2, 0.25) is 0 Å². The van der Waals surface area contributed by atoms with E-state index in [4.69, 9.17) is 0 Å². The number of hydrogen-bond donors (Lipinski definition) is 0. The van der Waals surface area contributed by atoms with E-state index in [-0.39, 0.29) is 6.17 Å². The average Bonchev–Trinajstić information content (AvgIpc) is 2.98. The summed E-state index contributed by atoms with van der Waals surface area (Å²) >= 11 is 0. The van der Waals surface area contributed by atoms with Crippen LogP contribution in [0.4, 0.5) is 22.7 Å². The lowest BCUT2D eigenvalue weighted by atomic mass is 10.1. The first-order valence-corrected chi connectivity index (χ1v) is 9.32. The van der Waals surface area contributed by atoms with E-state index in [1.165, 1.54) is 28.3 Å². The van der Waals surface area contributed by atoms with E-state index in [0.29, 0.717) is 0 Å². The fourth-order valence-electron chi connectivity index (χ4n) is 4.11. The van der Waals surface area contributed by atoms with Crippen LogP contribution >= 0.6 is 0 Å². The van der Waals surface area contributed by atoms with Crippen molar-refractivity contribution < 1.29 is 0 Å². The van der Waals surface area contributed by atoms with Gasteiger partial charge in [-0.2, -0.15) is 0 Å². The molecule has 0 aliphatic carbocycles. The Morgan fingerprint density at radius 2 is 1.48 bits per heavy atom. The molecule has 1 atom stereocenters. The lowest BCUT2D eigenvalue weighted by Crippen LogP contribution is -2.35. The normalized spacial score (nSPS) is 16.0. The van der Waals surface area contributed by atoms with Crippen LogP contribution in [0.5, 0.6) is 0 Å². The summed E-state index contributed by atoms with van der Waals surface area (Å²) in [5, 5.41) is 1.16. The number of benzene rings is 3. The van der Waals surface area contributed by atoms with Gasteiger partial charge < -0.3 is 9.80 Å². The predicted molar refractivity (Wildman–Crippen MR) is 113 cm³/mol. The summed E-state index contributed by atoms with van der Waals surface area (Å²) in [5.41, 5.74) is 7.15. The summed E-state index contributed by atoms with van der Waals surface area (Å²) in [6.45, 7) is 4.44. The molecule has 0 spiro atoms. The van der Waals surface area contributed by atoms with E-state index in [9.17, 15) is 0 Å². The van der Waals surface area contributed by atoms with Crippen molar-refractivity contribution in [1.29, 1.82) is 0 Å². The van der Waals surface area contributed by atoms with Crippen LogP contribution in [-0.4, -0.2) is 11.1 Å². The fourth-order valence-corrected chi connectivity index (χ4v) is 4.11. The van der Waals surface area contributed by atoms with Crippen LogP contribution in [-0.2, 0) is 0 Å². The standard InChI is InChI=1S/C24H21N3/c1-17-9-6-7-13-22(17)27-18(2)26(20-11-4-3-5-12-20)24-16-21-19(15-23(24)27)10-8-14-25-21/h3-16,18H,1-2H3. The lowest BCUT2D eigenvalue weighted by Gasteiger charge is -2.31. The van der Waals surface area contributed by atoms with Gasteiger partial charge in [0.25, 0.3) is 0 Å². The third kappa shape index (κ3) is 2.47. The summed E-state index contributed by atoms with van der Waals surface area (Å²) in [4.78, 5) is 9.42. The quantitative estimate of drug-likeness (QED) is 0.430. The molecule has 0 bridgehead atoms. The Labute approximate surface area is 159 Å². The van der Waals surface area contributed by atoms with Crippen molar-refractivity contribution in [2.24, 2.45) is 0 Å². The van der Waals surface area contributed by atoms with Crippen LogP contribution < -0.4 is 9.80 Å². The Balaban J connectivity index is 1.78. The highest BCUT2D eigenvalue weighted by molar-refractivity contribution is 5.97. The maximum Gasteiger partial charge on any atom is 0.108 e. The van der Waals surface area contributed by atoms with Crippen molar-refractivity contribution in [3.8, 4) is 0 Å². The molecule has 0 radical (unpaired) electrons. The molecule has 3 heteroatoms. The Bertz CT molecular complexity index is 1120. The number of nitrogens with zero attached hydrogens (tertiary/aromatic N) is 3. The van der Waals surface area contributed by atoms with E-state index < -0.39 is 0 Å². The van der Waals surface area contributed by atoms with Crippen molar-refractivity contribution in [3.05, 3.63) is 90.6 Å². The first-order valence-electron chi connectivity index (χ1n) is 9.32. The first kappa shape index (κ1) is 15.9. The molecule has 0 amide bonds. The molecule has 1 aliphatic rings. The van der Waals surface area contributed by atoms with Gasteiger partial charge in [0.1, 0.15) is 6.17 Å². The largest absolute Gasteiger partial charge is 0.318 e. The second-order valence-electron chi connectivity index (χ2n) is 7.03. The van der Waals surface area contributed by atoms with Gasteiger partial charge in [-0.3, -0.25) is 4.98 Å². The molecule has 27 heavy (non-hydrogen) atoms. The van der Waals surface area contributed by atoms with Crippen molar-refractivity contribution >= 4 is 33.7 Å². The van der Waals surface area contributed by atoms with Crippen molar-refractivity contribution in [2.45, 2.75) is 20.0 Å². The van der Waals surface area contributed by atoms with Crippen molar-refractivity contribution in [3.63, 3.8) is 0 Å². The fraction of sp³-hybridized carbons (Fsp3) is 0.125. The summed E-state index contributed by atoms with van der Waals surface area (Å²) in [6.07, 6.45) is 2.03. The first-order chi connectivity index (χ1) is 13.2. The molecular formula is C24H21N3. The number of pyridine rings is 1. The van der Waals surface area contributed by atoms with Gasteiger partial charge in [0.05, 0.1) is 16.9 Å². The van der Waals surface area contributed by atoms with Crippen LogP contribution in [0, 0.1) is 6.92 Å². The average molecular weight is 351 g/mol. The second-order valence-corrected chi connectivity index (χ2v) is 7.03. The number of hydrogen-bond acceptors (Lipinski definition) is 3. The Morgan fingerprint density at radius 1 is 0.741 bits per heavy atom. The molecule has 0 saturated heterocycles. The lowest BCUT2D eigenvalue weighted by molar-refractivity contribution is 0.759. The van der Waals surface area contributed by atoms with Gasteiger partial charge in [0.15, 0.2) is 0 Å². The van der Waals surface area contributed by atoms with Gasteiger partial charge in [0.2, 0.25) is 0 Å². The molecule has 3 nitrogen and oxygen atoms in total. The molecule has 1 aliphatic heterocycles. The molecule has 0 saturated carbocycles. The predicted octanol–water partition coefficient (Wildman–Crippen LogP) is 6.18. The van der Waals surface area contributed by atoms with Crippen molar-refractivity contribution in [1.82, 2.24) is 4.98 Å². The van der Waals surface area contributed by atoms with E-state index in [1.807, 2.05) is 12.3 Å². The van der Waals surface area contributed by atoms with Gasteiger partial charge >= 0.3 is 0 Å². The minimum absolute atomic E-state index is 0.167. The number of rotatable bonds is 2. The van der Waals surface area contributed by atoms with Crippen LogP contribution in [0.15, 0.2) is 85.1 Å². The third-order valence-corrected chi connectivity index (χ3v) is 5.38. The zero-order valence-corrected chi connectivity index (χ0v) is 15.5. The molecule has 3 aromatic carbocycles. The van der Waals surface area contributed by atoms with Gasteiger partial charge in [-0.15, -0.1) is 0 Å². The number of fused-ring (bicyclic) bond motifs is 2. The number of para-hydroxylation sites is 2. The summed E-state index contributed by atoms with van der Waals surface area (Å²) in [7, 11) is 0. The second kappa shape index (κ2) is 6.13. The maximum atomic E-state index is 4.58. The summed E-state index contributed by atoms with van der Waals surface area (Å²) in [5.74, 6) is 0. The number of aryl methyl sites for hydroxylation is 1. The van der Waals surface area contributed by atoms with Crippen LogP contribution in [0.25, 0.3) is 10.9 Å². The van der Waals surface area contributed by atoms with Crippen molar-refractivity contribution in [2.75, 3.05) is 9.80 Å². The van der Waals surface area contributed by atoms with E-state index >= 15 is 0 Å². The summed E-state index contributed by atoms with van der Waals surface area (Å²) < 4.78 is 0. The smallest absolute Gasteiger partial charge is 0.108 e. The molecule has 1 unspecified atom stereocenters. The van der Waals surface area contributed by atoms with E-state index in [1.54, 1.807) is 0 Å². The van der Waals surface area contributed by atoms with Gasteiger partial charge in [-0.25, -0.2) is 0 Å². The summed E-state index contributed by atoms with van der Waals surface area (Å²) in [6, 6.07) is 27.8. The monoisotopic (exact) mass is 351 g/mol. The molecule has 1 aromatic heterocycles. The molecule has 2 heterocycles. The topological polar surface area (TPSA) is 19.4 Å². The van der Waals surface area contributed by atoms with Crippen LogP contribution in [0.3, 0.4) is 0 Å². The Hall–Kier alpha value is -3.33. The molecule has 0 fully saturated rings. The minimum atomic E-state index is 0.167. The van der Waals surface area contributed by atoms with E-state index in [2.05, 4.69) is 101 Å². The Morgan fingerprint density at radius 3 is 2.30 bits per heavy atom. The minimum Gasteiger partial charge on any atom is -0.318 e. The molecule has 5 rings (SSSR count). The Kier molecular flexibility index (Phi) is 3.61. The van der Waals surface area contributed by atoms with E-state index in [0.717, 1.165) is 10.9 Å². The molecule has 132 valence electrons. The zero-order valence-electron chi connectivity index (χ0n) is 15.5. The zero-order chi connectivity index (χ0) is 18.4. The number of aromatic nitrogens is 1. The van der Waals surface area contributed by atoms with Gasteiger partial charge in [0, 0.05) is 23.0 Å². The highest BCUT2D eigenvalue weighted by Gasteiger charge is 2.35. The maximum absolute atomic E-state index is 4.58. The SMILES string of the molecule is Cc1ccccc1N1c2cc3cccnc3cc2N(c2ccccc2)C1C. The molecular weight excluding hydrogens is 330 g/mol. The number of anilines is 4. The van der Waals surface area contributed by atoms with Gasteiger partial charge in [-0.1, -0.05) is 42.5 Å². The van der Waals surface area contributed by atoms with Gasteiger partial charge in [-0.05, 0) is 55.8 Å².